The molecule has 0 unspecified atom stereocenters. The smallest absolute Gasteiger partial charge is 1.00 e. The Hall–Kier alpha value is -1.80. The van der Waals surface area contributed by atoms with Gasteiger partial charge < -0.3 is 17.0 Å². The fraction of sp³-hybridized carbons (Fsp3) is 0.240. The zero-order valence-corrected chi connectivity index (χ0v) is 22.3. The van der Waals surface area contributed by atoms with Crippen LogP contribution in [-0.2, 0) is 0 Å². The van der Waals surface area contributed by atoms with Crippen molar-refractivity contribution >= 4 is 40.6 Å². The summed E-state index contributed by atoms with van der Waals surface area (Å²) in [5.41, 5.74) is 6.57. The van der Waals surface area contributed by atoms with Crippen LogP contribution in [0, 0.1) is 0 Å². The number of hydrogen-bond donors (Lipinski definition) is 0. The minimum absolute atomic E-state index is 0. The predicted molar refractivity (Wildman–Crippen MR) is 129 cm³/mol. The van der Waals surface area contributed by atoms with Gasteiger partial charge in [0.05, 0.1) is 0 Å². The Balaban J connectivity index is 0.00000256. The second-order valence-electron chi connectivity index (χ2n) is 8.07. The van der Waals surface area contributed by atoms with Crippen LogP contribution in [0.15, 0.2) is 60.7 Å². The average molecular weight is 578 g/mol. The third kappa shape index (κ3) is 4.30. The molecule has 0 saturated heterocycles. The maximum Gasteiger partial charge on any atom is -1.00 e. The van der Waals surface area contributed by atoms with Crippen molar-refractivity contribution in [1.29, 1.82) is 0 Å². The molecule has 0 bridgehead atoms. The van der Waals surface area contributed by atoms with Gasteiger partial charge in [0.2, 0.25) is 0 Å². The number of nitrogens with zero attached hydrogens (tertiary/aromatic N) is 3. The summed E-state index contributed by atoms with van der Waals surface area (Å²) in [4.78, 5) is 4.35. The molecule has 0 spiro atoms. The molecule has 5 heteroatoms. The Morgan fingerprint density at radius 3 is 1.97 bits per heavy atom. The van der Waals surface area contributed by atoms with E-state index in [9.17, 15) is 0 Å². The molecule has 0 fully saturated rings. The van der Waals surface area contributed by atoms with Crippen LogP contribution in [0.2, 0.25) is 0 Å². The van der Waals surface area contributed by atoms with Crippen molar-refractivity contribution in [2.24, 2.45) is 0 Å². The molecule has 2 aromatic rings. The van der Waals surface area contributed by atoms with E-state index in [1.165, 1.54) is 45.8 Å². The largest absolute Gasteiger partial charge is 1.00 e. The van der Waals surface area contributed by atoms with Crippen molar-refractivity contribution in [3.8, 4) is 20.3 Å². The molecule has 0 aromatic heterocycles. The molecule has 0 saturated carbocycles. The summed E-state index contributed by atoms with van der Waals surface area (Å²) in [7, 11) is 12.7. The molecule has 0 radical (unpaired) electrons. The fourth-order valence-corrected chi connectivity index (χ4v) is 6.96. The standard InChI is InChI=1S/C25H28N3Te.BrH/c1-26(2)18-9-7-17(8-10-18)25-21-13-11-19(27(3)4)15-23(21)29-24-16-20(28(5)6)12-14-22(24)25;/h7-16H,1-6H3;1H/q+1;/p-1. The Kier molecular flexibility index (Phi) is 6.97. The first-order valence-electron chi connectivity index (χ1n) is 9.81. The van der Waals surface area contributed by atoms with E-state index in [1.54, 1.807) is 0 Å². The Bertz CT molecular complexity index is 1220. The van der Waals surface area contributed by atoms with E-state index in [-0.39, 0.29) is 17.0 Å². The van der Waals surface area contributed by atoms with Crippen molar-refractivity contribution < 1.29 is 17.0 Å². The van der Waals surface area contributed by atoms with Crippen molar-refractivity contribution in [3.05, 3.63) is 66.0 Å². The number of hydrogen-bond acceptors (Lipinski definition) is 2. The monoisotopic (exact) mass is 579 g/mol. The molecular weight excluding hydrogens is 550 g/mol. The van der Waals surface area contributed by atoms with Crippen LogP contribution in [0.4, 0.5) is 11.4 Å². The van der Waals surface area contributed by atoms with Crippen LogP contribution >= 0.6 is 0 Å². The maximum atomic E-state index is 2.40. The Labute approximate surface area is 199 Å². The van der Waals surface area contributed by atoms with Gasteiger partial charge in [-0.05, 0) is 0 Å². The molecule has 30 heavy (non-hydrogen) atoms. The summed E-state index contributed by atoms with van der Waals surface area (Å²) in [6.45, 7) is 0. The van der Waals surface area contributed by atoms with Crippen molar-refractivity contribution in [2.45, 2.75) is 0 Å². The molecule has 1 aliphatic heterocycles. The summed E-state index contributed by atoms with van der Waals surface area (Å²) in [5, 5.41) is 2.68. The SMILES string of the molecule is CN(C)c1ccc(-c2c3ccc(=[N+](C)C)cc-3[te]c3cc(N(C)C)ccc23)cc1.[Br-]. The molecule has 4 rings (SSSR count). The van der Waals surface area contributed by atoms with E-state index in [1.807, 2.05) is 0 Å². The van der Waals surface area contributed by atoms with E-state index in [4.69, 9.17) is 0 Å². The number of fused-ring (bicyclic) bond motifs is 2. The average Bonchev–Trinajstić information content (AvgIpc) is 2.71. The van der Waals surface area contributed by atoms with Crippen LogP contribution in [0.5, 0.6) is 0 Å². The summed E-state index contributed by atoms with van der Waals surface area (Å²) in [6.07, 6.45) is 0. The second-order valence-corrected chi connectivity index (χ2v) is 11.2. The van der Waals surface area contributed by atoms with Gasteiger partial charge in [0.15, 0.2) is 0 Å². The van der Waals surface area contributed by atoms with E-state index in [2.05, 4.69) is 117 Å². The van der Waals surface area contributed by atoms with Crippen LogP contribution in [0.1, 0.15) is 0 Å². The quantitative estimate of drug-likeness (QED) is 0.203. The topological polar surface area (TPSA) is 9.49 Å². The molecule has 0 N–H and O–H groups in total. The minimum atomic E-state index is -0.445. The van der Waals surface area contributed by atoms with Crippen molar-refractivity contribution in [1.82, 2.24) is 4.58 Å². The van der Waals surface area contributed by atoms with Gasteiger partial charge in [0.1, 0.15) is 0 Å². The number of rotatable bonds is 3. The van der Waals surface area contributed by atoms with Gasteiger partial charge in [-0.25, -0.2) is 0 Å². The zero-order valence-electron chi connectivity index (χ0n) is 18.4. The van der Waals surface area contributed by atoms with Crippen LogP contribution < -0.4 is 36.7 Å². The second kappa shape index (κ2) is 9.14. The Morgan fingerprint density at radius 1 is 0.733 bits per heavy atom. The van der Waals surface area contributed by atoms with E-state index >= 15 is 0 Å². The first kappa shape index (κ1) is 22.9. The van der Waals surface area contributed by atoms with Gasteiger partial charge in [-0.15, -0.1) is 0 Å². The van der Waals surface area contributed by atoms with Gasteiger partial charge in [0.25, 0.3) is 0 Å². The summed E-state index contributed by atoms with van der Waals surface area (Å²) >= 11 is -0.445. The van der Waals surface area contributed by atoms with Crippen LogP contribution in [0.3, 0.4) is 0 Å². The summed E-state index contributed by atoms with van der Waals surface area (Å²) < 4.78 is 5.25. The molecule has 3 nitrogen and oxygen atoms in total. The molecule has 0 amide bonds. The van der Waals surface area contributed by atoms with Gasteiger partial charge in [0, 0.05) is 0 Å². The third-order valence-electron chi connectivity index (χ3n) is 5.39. The molecule has 156 valence electrons. The molecular formula is C25H28BrN3Te. The normalized spacial score (nSPS) is 10.7. The third-order valence-corrected chi connectivity index (χ3v) is 8.58. The van der Waals surface area contributed by atoms with Crippen LogP contribution in [-0.4, -0.2) is 62.7 Å². The fourth-order valence-electron chi connectivity index (χ4n) is 3.66. The first-order valence-corrected chi connectivity index (χ1v) is 12.1. The maximum absolute atomic E-state index is 2.40. The van der Waals surface area contributed by atoms with E-state index < -0.39 is 20.4 Å². The molecule has 0 atom stereocenters. The number of halogens is 1. The summed E-state index contributed by atoms with van der Waals surface area (Å²) in [5.74, 6) is 0. The summed E-state index contributed by atoms with van der Waals surface area (Å²) in [6, 6.07) is 22.9. The van der Waals surface area contributed by atoms with E-state index in [0.717, 1.165) is 0 Å². The van der Waals surface area contributed by atoms with Gasteiger partial charge >= 0.3 is 184 Å². The van der Waals surface area contributed by atoms with Crippen molar-refractivity contribution in [3.63, 3.8) is 0 Å². The zero-order chi connectivity index (χ0) is 20.7. The number of benzene rings is 3. The van der Waals surface area contributed by atoms with Gasteiger partial charge in [-0.2, -0.15) is 0 Å². The first-order chi connectivity index (χ1) is 13.8. The predicted octanol–water partition coefficient (Wildman–Crippen LogP) is 0.836. The Morgan fingerprint density at radius 2 is 1.37 bits per heavy atom. The minimum Gasteiger partial charge on any atom is -1.00 e. The van der Waals surface area contributed by atoms with E-state index in [0.29, 0.717) is 0 Å². The van der Waals surface area contributed by atoms with Gasteiger partial charge in [-0.1, -0.05) is 0 Å². The van der Waals surface area contributed by atoms with Crippen LogP contribution in [0.25, 0.3) is 29.1 Å². The molecule has 1 aliphatic carbocycles. The molecule has 1 heterocycles. The number of anilines is 2. The van der Waals surface area contributed by atoms with Gasteiger partial charge in [-0.3, -0.25) is 0 Å². The molecule has 2 aliphatic rings. The molecule has 2 aromatic carbocycles. The van der Waals surface area contributed by atoms with Crippen molar-refractivity contribution in [2.75, 3.05) is 52.1 Å².